The first-order chi connectivity index (χ1) is 16.0. The molecule has 0 aromatic heterocycles. The van der Waals surface area contributed by atoms with Crippen LogP contribution in [0.25, 0.3) is 0 Å². The summed E-state index contributed by atoms with van der Waals surface area (Å²) in [6.07, 6.45) is -0.302. The molecule has 0 unspecified atom stereocenters. The van der Waals surface area contributed by atoms with Gasteiger partial charge in [0.25, 0.3) is 0 Å². The Labute approximate surface area is 193 Å². The van der Waals surface area contributed by atoms with Crippen LogP contribution in [0.2, 0.25) is 0 Å². The third kappa shape index (κ3) is 5.47. The van der Waals surface area contributed by atoms with E-state index in [1.807, 2.05) is 91.0 Å². The minimum absolute atomic E-state index is 0.0136. The molecule has 33 heavy (non-hydrogen) atoms. The van der Waals surface area contributed by atoms with Gasteiger partial charge in [-0.15, -0.1) is 0 Å². The Morgan fingerprint density at radius 3 is 1.52 bits per heavy atom. The molecule has 1 N–H and O–H groups in total. The number of benzene rings is 3. The predicted molar refractivity (Wildman–Crippen MR) is 124 cm³/mol. The number of carbonyl (C=O) groups excluding carboxylic acids is 3. The lowest BCUT2D eigenvalue weighted by Gasteiger charge is -2.36. The quantitative estimate of drug-likeness (QED) is 0.402. The maximum atomic E-state index is 13.4. The van der Waals surface area contributed by atoms with Crippen LogP contribution in [0, 0.1) is 0 Å². The normalized spacial score (nSPS) is 11.8. The number of carbonyl (C=O) groups is 3. The number of ether oxygens (including phenoxy) is 2. The van der Waals surface area contributed by atoms with E-state index in [1.165, 1.54) is 14.2 Å². The van der Waals surface area contributed by atoms with E-state index in [4.69, 9.17) is 4.74 Å². The smallest absolute Gasteiger partial charge is 0.328 e. The van der Waals surface area contributed by atoms with Crippen LogP contribution >= 0.6 is 0 Å². The SMILES string of the molecule is COC(=O)C[C@H](NC(=O)CC(c1ccccc1)(c1ccccc1)c1ccccc1)C(=O)OC. The highest BCUT2D eigenvalue weighted by molar-refractivity contribution is 5.89. The minimum atomic E-state index is -1.14. The standard InChI is InChI=1S/C27H27NO5/c1-32-25(30)18-23(26(31)33-2)28-24(29)19-27(20-12-6-3-7-13-20,21-14-8-4-9-15-21)22-16-10-5-11-17-22/h3-17,23H,18-19H2,1-2H3,(H,28,29)/t23-/m0/s1. The van der Waals surface area contributed by atoms with E-state index in [0.29, 0.717) is 0 Å². The van der Waals surface area contributed by atoms with Gasteiger partial charge < -0.3 is 14.8 Å². The molecule has 3 aromatic carbocycles. The summed E-state index contributed by atoms with van der Waals surface area (Å²) < 4.78 is 9.45. The van der Waals surface area contributed by atoms with Gasteiger partial charge in [0.2, 0.25) is 5.91 Å². The van der Waals surface area contributed by atoms with Crippen molar-refractivity contribution in [3.63, 3.8) is 0 Å². The summed E-state index contributed by atoms with van der Waals surface area (Å²) in [5.41, 5.74) is 1.97. The molecule has 6 nitrogen and oxygen atoms in total. The van der Waals surface area contributed by atoms with Gasteiger partial charge in [-0.2, -0.15) is 0 Å². The van der Waals surface area contributed by atoms with E-state index in [1.54, 1.807) is 0 Å². The molecular formula is C27H27NO5. The lowest BCUT2D eigenvalue weighted by atomic mass is 9.67. The number of nitrogens with one attached hydrogen (secondary N) is 1. The zero-order valence-corrected chi connectivity index (χ0v) is 18.7. The fourth-order valence-electron chi connectivity index (χ4n) is 4.05. The summed E-state index contributed by atoms with van der Waals surface area (Å²) in [5.74, 6) is -1.73. The fourth-order valence-corrected chi connectivity index (χ4v) is 4.05. The highest BCUT2D eigenvalue weighted by atomic mass is 16.5. The van der Waals surface area contributed by atoms with Gasteiger partial charge in [0, 0.05) is 6.42 Å². The first-order valence-corrected chi connectivity index (χ1v) is 10.6. The topological polar surface area (TPSA) is 81.7 Å². The third-order valence-corrected chi connectivity index (χ3v) is 5.64. The average Bonchev–Trinajstić information content (AvgIpc) is 2.87. The van der Waals surface area contributed by atoms with Crippen LogP contribution in [0.4, 0.5) is 0 Å². The monoisotopic (exact) mass is 445 g/mol. The van der Waals surface area contributed by atoms with Crippen LogP contribution in [-0.2, 0) is 29.3 Å². The van der Waals surface area contributed by atoms with Crippen molar-refractivity contribution in [1.82, 2.24) is 5.32 Å². The number of methoxy groups -OCH3 is 2. The van der Waals surface area contributed by atoms with E-state index >= 15 is 0 Å². The van der Waals surface area contributed by atoms with Crippen molar-refractivity contribution < 1.29 is 23.9 Å². The molecule has 0 saturated carbocycles. The van der Waals surface area contributed by atoms with Crippen LogP contribution in [0.5, 0.6) is 0 Å². The first-order valence-electron chi connectivity index (χ1n) is 10.6. The van der Waals surface area contributed by atoms with Gasteiger partial charge in [-0.05, 0) is 16.7 Å². The van der Waals surface area contributed by atoms with Crippen LogP contribution in [0.15, 0.2) is 91.0 Å². The fraction of sp³-hybridized carbons (Fsp3) is 0.222. The minimum Gasteiger partial charge on any atom is -0.469 e. The predicted octanol–water partition coefficient (Wildman–Crippen LogP) is 3.63. The molecule has 0 heterocycles. The number of hydrogen-bond acceptors (Lipinski definition) is 5. The van der Waals surface area contributed by atoms with Crippen LogP contribution in [0.3, 0.4) is 0 Å². The number of amides is 1. The van der Waals surface area contributed by atoms with Gasteiger partial charge >= 0.3 is 11.9 Å². The van der Waals surface area contributed by atoms with Crippen molar-refractivity contribution in [2.24, 2.45) is 0 Å². The summed E-state index contributed by atoms with van der Waals surface area (Å²) in [5, 5.41) is 2.68. The largest absolute Gasteiger partial charge is 0.469 e. The first kappa shape index (κ1) is 23.7. The Balaban J connectivity index is 2.07. The highest BCUT2D eigenvalue weighted by Gasteiger charge is 2.39. The van der Waals surface area contributed by atoms with Gasteiger partial charge in [0.05, 0.1) is 26.1 Å². The van der Waals surface area contributed by atoms with E-state index in [-0.39, 0.29) is 12.8 Å². The van der Waals surface area contributed by atoms with Crippen molar-refractivity contribution in [3.8, 4) is 0 Å². The second kappa shape index (κ2) is 11.1. The van der Waals surface area contributed by atoms with Crippen LogP contribution < -0.4 is 5.32 Å². The van der Waals surface area contributed by atoms with Gasteiger partial charge in [0.1, 0.15) is 6.04 Å². The Kier molecular flexibility index (Phi) is 7.97. The summed E-state index contributed by atoms with van der Waals surface area (Å²) in [6.45, 7) is 0. The van der Waals surface area contributed by atoms with Crippen molar-refractivity contribution in [1.29, 1.82) is 0 Å². The lowest BCUT2D eigenvalue weighted by molar-refractivity contribution is -0.150. The van der Waals surface area contributed by atoms with Gasteiger partial charge in [-0.25, -0.2) is 4.79 Å². The summed E-state index contributed by atoms with van der Waals surface area (Å²) in [7, 11) is 2.44. The average molecular weight is 446 g/mol. The second-order valence-electron chi connectivity index (χ2n) is 7.60. The number of esters is 2. The van der Waals surface area contributed by atoms with Crippen LogP contribution in [-0.4, -0.2) is 38.1 Å². The summed E-state index contributed by atoms with van der Waals surface area (Å²) in [4.78, 5) is 37.4. The molecule has 0 fully saturated rings. The van der Waals surface area contributed by atoms with Crippen molar-refractivity contribution in [2.45, 2.75) is 24.3 Å². The van der Waals surface area contributed by atoms with Crippen molar-refractivity contribution in [3.05, 3.63) is 108 Å². The molecule has 3 rings (SSSR count). The second-order valence-corrected chi connectivity index (χ2v) is 7.60. The molecule has 170 valence electrons. The van der Waals surface area contributed by atoms with Gasteiger partial charge in [-0.3, -0.25) is 9.59 Å². The summed E-state index contributed by atoms with van der Waals surface area (Å²) >= 11 is 0. The molecule has 0 bridgehead atoms. The molecule has 1 atom stereocenters. The molecular weight excluding hydrogens is 418 g/mol. The van der Waals surface area contributed by atoms with E-state index in [9.17, 15) is 14.4 Å². The molecule has 0 radical (unpaired) electrons. The molecule has 0 aliphatic carbocycles. The van der Waals surface area contributed by atoms with Crippen molar-refractivity contribution >= 4 is 17.8 Å². The lowest BCUT2D eigenvalue weighted by Crippen LogP contribution is -2.46. The van der Waals surface area contributed by atoms with E-state index in [0.717, 1.165) is 16.7 Å². The molecule has 6 heteroatoms. The van der Waals surface area contributed by atoms with E-state index in [2.05, 4.69) is 10.1 Å². The van der Waals surface area contributed by atoms with Crippen molar-refractivity contribution in [2.75, 3.05) is 14.2 Å². The highest BCUT2D eigenvalue weighted by Crippen LogP contribution is 2.42. The zero-order valence-electron chi connectivity index (χ0n) is 18.7. The number of hydrogen-bond donors (Lipinski definition) is 1. The zero-order chi connectivity index (χ0) is 23.7. The Morgan fingerprint density at radius 1 is 0.727 bits per heavy atom. The van der Waals surface area contributed by atoms with Crippen LogP contribution in [0.1, 0.15) is 29.5 Å². The summed E-state index contributed by atoms with van der Waals surface area (Å²) in [6, 6.07) is 28.1. The molecule has 1 amide bonds. The Morgan fingerprint density at radius 2 is 1.15 bits per heavy atom. The number of rotatable bonds is 9. The molecule has 0 aliphatic heterocycles. The maximum Gasteiger partial charge on any atom is 0.328 e. The Hall–Kier alpha value is -3.93. The Bertz CT molecular complexity index is 971. The maximum absolute atomic E-state index is 13.4. The van der Waals surface area contributed by atoms with Gasteiger partial charge in [-0.1, -0.05) is 91.0 Å². The van der Waals surface area contributed by atoms with Gasteiger partial charge in [0.15, 0.2) is 0 Å². The van der Waals surface area contributed by atoms with E-state index < -0.39 is 29.3 Å². The molecule has 3 aromatic rings. The molecule has 0 saturated heterocycles. The molecule has 0 spiro atoms. The third-order valence-electron chi connectivity index (χ3n) is 5.64. The molecule has 0 aliphatic rings.